The Morgan fingerprint density at radius 2 is 1.93 bits per heavy atom. The van der Waals surface area contributed by atoms with Crippen LogP contribution in [0.15, 0.2) is 18.2 Å². The number of piperazine rings is 1. The minimum atomic E-state index is -4.44. The van der Waals surface area contributed by atoms with E-state index in [1.54, 1.807) is 19.1 Å². The maximum atomic E-state index is 13.6. The molecule has 150 valence electrons. The van der Waals surface area contributed by atoms with Crippen LogP contribution in [-0.2, 0) is 17.5 Å². The molecule has 1 N–H and O–H groups in total. The van der Waals surface area contributed by atoms with E-state index in [1.807, 2.05) is 9.80 Å². The van der Waals surface area contributed by atoms with Crippen LogP contribution in [-0.4, -0.2) is 73.0 Å². The number of morpholine rings is 1. The third-order valence-electron chi connectivity index (χ3n) is 5.13. The van der Waals surface area contributed by atoms with Gasteiger partial charge in [-0.25, -0.2) is 4.79 Å². The van der Waals surface area contributed by atoms with Crippen LogP contribution in [0.1, 0.15) is 18.1 Å². The van der Waals surface area contributed by atoms with Gasteiger partial charge < -0.3 is 19.6 Å². The average molecular weight is 387 g/mol. The van der Waals surface area contributed by atoms with Crippen LogP contribution in [0, 0.1) is 0 Å². The molecule has 27 heavy (non-hydrogen) atoms. The van der Waals surface area contributed by atoms with Crippen LogP contribution < -0.4 is 4.90 Å². The third-order valence-corrected chi connectivity index (χ3v) is 5.13. The van der Waals surface area contributed by atoms with Crippen LogP contribution in [0.25, 0.3) is 0 Å². The van der Waals surface area contributed by atoms with Gasteiger partial charge in [-0.15, -0.1) is 0 Å². The summed E-state index contributed by atoms with van der Waals surface area (Å²) < 4.78 is 46.2. The predicted molar refractivity (Wildman–Crippen MR) is 93.9 cm³/mol. The molecule has 2 heterocycles. The number of carbonyl (C=O) groups is 1. The van der Waals surface area contributed by atoms with Gasteiger partial charge >= 0.3 is 12.3 Å². The first-order valence-electron chi connectivity index (χ1n) is 9.00. The van der Waals surface area contributed by atoms with Crippen molar-refractivity contribution in [3.63, 3.8) is 0 Å². The number of halogens is 3. The SMILES string of the molecule is C[C@H]1CN(Cc2ccc(N3CCOCC3)cc2C(F)(F)F)CCN1C(=O)O. The van der Waals surface area contributed by atoms with Gasteiger partial charge in [0.05, 0.1) is 18.8 Å². The summed E-state index contributed by atoms with van der Waals surface area (Å²) >= 11 is 0. The predicted octanol–water partition coefficient (Wildman–Crippen LogP) is 2.73. The lowest BCUT2D eigenvalue weighted by Gasteiger charge is -2.38. The van der Waals surface area contributed by atoms with E-state index in [-0.39, 0.29) is 18.2 Å². The summed E-state index contributed by atoms with van der Waals surface area (Å²) in [5.74, 6) is 0. The fourth-order valence-corrected chi connectivity index (χ4v) is 3.69. The number of alkyl halides is 3. The molecular weight excluding hydrogens is 363 g/mol. The van der Waals surface area contributed by atoms with Crippen molar-refractivity contribution in [2.45, 2.75) is 25.7 Å². The summed E-state index contributed by atoms with van der Waals surface area (Å²) in [5, 5.41) is 9.13. The summed E-state index contributed by atoms with van der Waals surface area (Å²) in [5.41, 5.74) is 0.147. The molecule has 2 fully saturated rings. The van der Waals surface area contributed by atoms with E-state index in [1.165, 1.54) is 11.0 Å². The Morgan fingerprint density at radius 3 is 2.52 bits per heavy atom. The van der Waals surface area contributed by atoms with Gasteiger partial charge in [0.25, 0.3) is 0 Å². The smallest absolute Gasteiger partial charge is 0.416 e. The van der Waals surface area contributed by atoms with Crippen LogP contribution in [0.2, 0.25) is 0 Å². The quantitative estimate of drug-likeness (QED) is 0.864. The van der Waals surface area contributed by atoms with E-state index in [0.717, 1.165) is 0 Å². The molecule has 1 amide bonds. The van der Waals surface area contributed by atoms with Gasteiger partial charge in [0.2, 0.25) is 0 Å². The summed E-state index contributed by atoms with van der Waals surface area (Å²) in [6.07, 6.45) is -5.43. The first kappa shape index (κ1) is 19.8. The highest BCUT2D eigenvalue weighted by atomic mass is 19.4. The lowest BCUT2D eigenvalue weighted by Crippen LogP contribution is -2.53. The first-order valence-corrected chi connectivity index (χ1v) is 9.00. The van der Waals surface area contributed by atoms with Gasteiger partial charge in [-0.05, 0) is 24.6 Å². The number of benzene rings is 1. The minimum Gasteiger partial charge on any atom is -0.465 e. The Hall–Kier alpha value is -2.00. The zero-order valence-electron chi connectivity index (χ0n) is 15.2. The summed E-state index contributed by atoms with van der Waals surface area (Å²) in [7, 11) is 0. The Balaban J connectivity index is 1.77. The van der Waals surface area contributed by atoms with Crippen molar-refractivity contribution < 1.29 is 27.8 Å². The molecular formula is C18H24F3N3O3. The van der Waals surface area contributed by atoms with Crippen LogP contribution in [0.5, 0.6) is 0 Å². The molecule has 2 aliphatic rings. The molecule has 6 nitrogen and oxygen atoms in total. The largest absolute Gasteiger partial charge is 0.465 e. The molecule has 0 aliphatic carbocycles. The van der Waals surface area contributed by atoms with Crippen molar-refractivity contribution in [3.8, 4) is 0 Å². The van der Waals surface area contributed by atoms with E-state index < -0.39 is 17.8 Å². The van der Waals surface area contributed by atoms with E-state index in [0.29, 0.717) is 51.6 Å². The lowest BCUT2D eigenvalue weighted by atomic mass is 10.0. The Bertz CT molecular complexity index is 678. The molecule has 0 unspecified atom stereocenters. The van der Waals surface area contributed by atoms with Crippen LogP contribution >= 0.6 is 0 Å². The molecule has 1 aromatic carbocycles. The van der Waals surface area contributed by atoms with Gasteiger partial charge in [0, 0.05) is 51.0 Å². The van der Waals surface area contributed by atoms with Crippen molar-refractivity contribution in [2.75, 3.05) is 50.8 Å². The minimum absolute atomic E-state index is 0.149. The normalized spacial score (nSPS) is 22.1. The summed E-state index contributed by atoms with van der Waals surface area (Å²) in [6, 6.07) is 4.24. The van der Waals surface area contributed by atoms with Crippen LogP contribution in [0.3, 0.4) is 0 Å². The Kier molecular flexibility index (Phi) is 5.81. The number of carboxylic acid groups (broad SMARTS) is 1. The fourth-order valence-electron chi connectivity index (χ4n) is 3.69. The van der Waals surface area contributed by atoms with Gasteiger partial charge in [0.15, 0.2) is 0 Å². The molecule has 2 aliphatic heterocycles. The Labute approximate surface area is 156 Å². The molecule has 3 rings (SSSR count). The Morgan fingerprint density at radius 1 is 1.22 bits per heavy atom. The van der Waals surface area contributed by atoms with Gasteiger partial charge in [-0.1, -0.05) is 6.07 Å². The number of rotatable bonds is 3. The number of amides is 1. The zero-order valence-corrected chi connectivity index (χ0v) is 15.2. The first-order chi connectivity index (χ1) is 12.8. The molecule has 1 aromatic rings. The van der Waals surface area contributed by atoms with Crippen molar-refractivity contribution in [1.29, 1.82) is 0 Å². The molecule has 0 aromatic heterocycles. The summed E-state index contributed by atoms with van der Waals surface area (Å²) in [4.78, 5) is 16.2. The molecule has 1 atom stereocenters. The average Bonchev–Trinajstić information content (AvgIpc) is 2.61. The standard InChI is InChI=1S/C18H24F3N3O3/c1-13-11-22(4-5-24(13)17(25)26)12-14-2-3-15(10-16(14)18(19,20)21)23-6-8-27-9-7-23/h2-3,10,13H,4-9,11-12H2,1H3,(H,25,26)/t13-/m0/s1. The molecule has 0 bridgehead atoms. The number of ether oxygens (including phenoxy) is 1. The topological polar surface area (TPSA) is 56.2 Å². The highest BCUT2D eigenvalue weighted by Gasteiger charge is 2.35. The van der Waals surface area contributed by atoms with Crippen molar-refractivity contribution >= 4 is 11.8 Å². The monoisotopic (exact) mass is 387 g/mol. The van der Waals surface area contributed by atoms with Gasteiger partial charge in [-0.3, -0.25) is 4.90 Å². The second-order valence-corrected chi connectivity index (χ2v) is 7.00. The van der Waals surface area contributed by atoms with E-state index in [9.17, 15) is 18.0 Å². The van der Waals surface area contributed by atoms with Crippen molar-refractivity contribution in [1.82, 2.24) is 9.80 Å². The second kappa shape index (κ2) is 7.93. The molecule has 0 radical (unpaired) electrons. The maximum Gasteiger partial charge on any atom is 0.416 e. The zero-order chi connectivity index (χ0) is 19.6. The molecule has 9 heteroatoms. The van der Waals surface area contributed by atoms with E-state index >= 15 is 0 Å². The van der Waals surface area contributed by atoms with Gasteiger partial charge in [0.1, 0.15) is 0 Å². The third kappa shape index (κ3) is 4.65. The number of hydrogen-bond acceptors (Lipinski definition) is 4. The van der Waals surface area contributed by atoms with Crippen LogP contribution in [0.4, 0.5) is 23.7 Å². The lowest BCUT2D eigenvalue weighted by molar-refractivity contribution is -0.138. The second-order valence-electron chi connectivity index (χ2n) is 7.00. The molecule has 0 saturated carbocycles. The van der Waals surface area contributed by atoms with E-state index in [2.05, 4.69) is 0 Å². The molecule has 2 saturated heterocycles. The van der Waals surface area contributed by atoms with Crippen molar-refractivity contribution in [3.05, 3.63) is 29.3 Å². The van der Waals surface area contributed by atoms with Crippen molar-refractivity contribution in [2.24, 2.45) is 0 Å². The highest BCUT2D eigenvalue weighted by molar-refractivity contribution is 5.65. The maximum absolute atomic E-state index is 13.6. The van der Waals surface area contributed by atoms with E-state index in [4.69, 9.17) is 9.84 Å². The molecule has 0 spiro atoms. The highest BCUT2D eigenvalue weighted by Crippen LogP contribution is 2.35. The van der Waals surface area contributed by atoms with Gasteiger partial charge in [-0.2, -0.15) is 13.2 Å². The number of nitrogens with zero attached hydrogens (tertiary/aromatic N) is 3. The fraction of sp³-hybridized carbons (Fsp3) is 0.611. The number of anilines is 1. The number of hydrogen-bond donors (Lipinski definition) is 1. The summed E-state index contributed by atoms with van der Waals surface area (Å²) in [6.45, 7) is 5.21.